The molecule has 1 aromatic heterocycles. The Bertz CT molecular complexity index is 331. The molecule has 0 saturated carbocycles. The fourth-order valence-corrected chi connectivity index (χ4v) is 1.40. The highest BCUT2D eigenvalue weighted by Crippen LogP contribution is 2.20. The Kier molecular flexibility index (Phi) is 4.99. The van der Waals surface area contributed by atoms with E-state index < -0.39 is 12.6 Å². The highest BCUT2D eigenvalue weighted by atomic mass is 19.4. The number of hydrogen-bond donors (Lipinski definition) is 1. The molecule has 0 aliphatic heterocycles. The molecular weight excluding hydrogens is 231 g/mol. The summed E-state index contributed by atoms with van der Waals surface area (Å²) in [5, 5.41) is 7.12. The third-order valence-electron chi connectivity index (χ3n) is 2.33. The van der Waals surface area contributed by atoms with Crippen LogP contribution in [0.4, 0.5) is 13.2 Å². The Morgan fingerprint density at radius 3 is 2.65 bits per heavy atom. The van der Waals surface area contributed by atoms with Gasteiger partial charge in [0.1, 0.15) is 0 Å². The second-order valence-corrected chi connectivity index (χ2v) is 4.32. The third-order valence-corrected chi connectivity index (χ3v) is 2.33. The van der Waals surface area contributed by atoms with Crippen LogP contribution in [0.5, 0.6) is 0 Å². The zero-order valence-corrected chi connectivity index (χ0v) is 10.1. The summed E-state index contributed by atoms with van der Waals surface area (Å²) in [7, 11) is 0. The van der Waals surface area contributed by atoms with Crippen molar-refractivity contribution in [3.63, 3.8) is 0 Å². The van der Waals surface area contributed by atoms with Crippen molar-refractivity contribution in [3.8, 4) is 0 Å². The number of alkyl halides is 3. The Hall–Kier alpha value is -1.04. The number of nitrogens with one attached hydrogen (secondary N) is 1. The number of halogens is 3. The van der Waals surface area contributed by atoms with Crippen molar-refractivity contribution in [3.05, 3.63) is 18.0 Å². The van der Waals surface area contributed by atoms with E-state index in [0.717, 1.165) is 5.56 Å². The van der Waals surface area contributed by atoms with Crippen LogP contribution in [0.25, 0.3) is 0 Å². The van der Waals surface area contributed by atoms with Crippen LogP contribution in [0.3, 0.4) is 0 Å². The molecule has 3 nitrogen and oxygen atoms in total. The van der Waals surface area contributed by atoms with Crippen molar-refractivity contribution >= 4 is 0 Å². The van der Waals surface area contributed by atoms with E-state index in [9.17, 15) is 13.2 Å². The molecule has 0 aliphatic carbocycles. The summed E-state index contributed by atoms with van der Waals surface area (Å²) in [5.41, 5.74) is 0.991. The zero-order valence-electron chi connectivity index (χ0n) is 10.1. The number of aromatic nitrogens is 2. The first-order valence-electron chi connectivity index (χ1n) is 5.69. The largest absolute Gasteiger partial charge is 0.389 e. The molecule has 0 unspecified atom stereocenters. The summed E-state index contributed by atoms with van der Waals surface area (Å²) in [5.74, 6) is 0. The summed E-state index contributed by atoms with van der Waals surface area (Å²) in [6, 6.07) is 0.300. The minimum atomic E-state index is -4.05. The summed E-state index contributed by atoms with van der Waals surface area (Å²) >= 11 is 0. The van der Waals surface area contributed by atoms with E-state index in [0.29, 0.717) is 19.1 Å². The van der Waals surface area contributed by atoms with Crippen molar-refractivity contribution < 1.29 is 13.2 Å². The predicted octanol–water partition coefficient (Wildman–Crippen LogP) is 2.90. The number of rotatable bonds is 6. The van der Waals surface area contributed by atoms with Gasteiger partial charge in [-0.25, -0.2) is 0 Å². The Labute approximate surface area is 99.0 Å². The van der Waals surface area contributed by atoms with Gasteiger partial charge in [-0.1, -0.05) is 0 Å². The van der Waals surface area contributed by atoms with Crippen molar-refractivity contribution in [1.82, 2.24) is 15.1 Å². The maximum Gasteiger partial charge on any atom is 0.389 e. The lowest BCUT2D eigenvalue weighted by atomic mass is 10.3. The van der Waals surface area contributed by atoms with E-state index in [1.165, 1.54) is 0 Å². The average Bonchev–Trinajstić information content (AvgIpc) is 2.64. The number of hydrogen-bond acceptors (Lipinski definition) is 2. The normalized spacial score (nSPS) is 12.4. The van der Waals surface area contributed by atoms with Crippen LogP contribution < -0.4 is 5.32 Å². The topological polar surface area (TPSA) is 29.9 Å². The lowest BCUT2D eigenvalue weighted by Gasteiger charge is -2.06. The highest BCUT2D eigenvalue weighted by molar-refractivity contribution is 5.03. The van der Waals surface area contributed by atoms with Gasteiger partial charge in [0.25, 0.3) is 0 Å². The predicted molar refractivity (Wildman–Crippen MR) is 59.6 cm³/mol. The van der Waals surface area contributed by atoms with Crippen LogP contribution in [0, 0.1) is 0 Å². The van der Waals surface area contributed by atoms with Crippen LogP contribution in [0.15, 0.2) is 12.4 Å². The standard InChI is InChI=1S/C11H18F3N3/c1-9(2)17-8-10(7-16-17)6-15-5-3-4-11(12,13)14/h7-9,15H,3-6H2,1-2H3. The lowest BCUT2D eigenvalue weighted by molar-refractivity contribution is -0.135. The van der Waals surface area contributed by atoms with E-state index in [1.807, 2.05) is 24.7 Å². The third kappa shape index (κ3) is 5.72. The minimum absolute atomic E-state index is 0.113. The van der Waals surface area contributed by atoms with Crippen molar-refractivity contribution in [1.29, 1.82) is 0 Å². The summed E-state index contributed by atoms with van der Waals surface area (Å²) in [4.78, 5) is 0. The van der Waals surface area contributed by atoms with E-state index in [4.69, 9.17) is 0 Å². The summed E-state index contributed by atoms with van der Waals surface area (Å²) in [6.45, 7) is 4.97. The molecule has 1 heterocycles. The monoisotopic (exact) mass is 249 g/mol. The smallest absolute Gasteiger partial charge is 0.313 e. The Balaban J connectivity index is 2.18. The van der Waals surface area contributed by atoms with Crippen molar-refractivity contribution in [2.24, 2.45) is 0 Å². The summed E-state index contributed by atoms with van der Waals surface area (Å²) in [6.07, 6.45) is -1.03. The highest BCUT2D eigenvalue weighted by Gasteiger charge is 2.25. The first-order valence-corrected chi connectivity index (χ1v) is 5.69. The molecule has 1 rings (SSSR count). The second kappa shape index (κ2) is 6.05. The molecule has 0 aliphatic rings. The maximum absolute atomic E-state index is 11.9. The quantitative estimate of drug-likeness (QED) is 0.786. The van der Waals surface area contributed by atoms with Crippen molar-refractivity contribution in [2.45, 2.75) is 45.5 Å². The van der Waals surface area contributed by atoms with Gasteiger partial charge in [0.15, 0.2) is 0 Å². The Morgan fingerprint density at radius 2 is 2.12 bits per heavy atom. The molecule has 98 valence electrons. The first-order chi connectivity index (χ1) is 7.88. The maximum atomic E-state index is 11.9. The van der Waals surface area contributed by atoms with Gasteiger partial charge >= 0.3 is 6.18 Å². The minimum Gasteiger partial charge on any atom is -0.313 e. The van der Waals surface area contributed by atoms with Gasteiger partial charge in [0, 0.05) is 30.8 Å². The van der Waals surface area contributed by atoms with Gasteiger partial charge in [-0.05, 0) is 26.8 Å². The van der Waals surface area contributed by atoms with Gasteiger partial charge in [-0.3, -0.25) is 4.68 Å². The molecule has 17 heavy (non-hydrogen) atoms. The molecule has 0 fully saturated rings. The van der Waals surface area contributed by atoms with Crippen LogP contribution in [-0.2, 0) is 6.54 Å². The van der Waals surface area contributed by atoms with Crippen LogP contribution in [0.2, 0.25) is 0 Å². The van der Waals surface area contributed by atoms with Gasteiger partial charge in [-0.2, -0.15) is 18.3 Å². The number of nitrogens with zero attached hydrogens (tertiary/aromatic N) is 2. The molecule has 0 atom stereocenters. The summed E-state index contributed by atoms with van der Waals surface area (Å²) < 4.78 is 37.4. The molecule has 0 spiro atoms. The van der Waals surface area contributed by atoms with Gasteiger partial charge in [0.2, 0.25) is 0 Å². The van der Waals surface area contributed by atoms with E-state index in [-0.39, 0.29) is 6.42 Å². The molecule has 1 aromatic rings. The SMILES string of the molecule is CC(C)n1cc(CNCCCC(F)(F)F)cn1. The molecule has 0 bridgehead atoms. The van der Waals surface area contributed by atoms with Gasteiger partial charge in [-0.15, -0.1) is 0 Å². The van der Waals surface area contributed by atoms with Crippen molar-refractivity contribution in [2.75, 3.05) is 6.54 Å². The van der Waals surface area contributed by atoms with E-state index in [2.05, 4.69) is 10.4 Å². The van der Waals surface area contributed by atoms with Crippen LogP contribution >= 0.6 is 0 Å². The van der Waals surface area contributed by atoms with Crippen LogP contribution in [-0.4, -0.2) is 22.5 Å². The molecular formula is C11H18F3N3. The molecule has 6 heteroatoms. The molecule has 0 amide bonds. The van der Waals surface area contributed by atoms with Gasteiger partial charge in [0.05, 0.1) is 6.20 Å². The average molecular weight is 249 g/mol. The molecule has 0 aromatic carbocycles. The van der Waals surface area contributed by atoms with Gasteiger partial charge < -0.3 is 5.32 Å². The fraction of sp³-hybridized carbons (Fsp3) is 0.727. The lowest BCUT2D eigenvalue weighted by Crippen LogP contribution is -2.17. The zero-order chi connectivity index (χ0) is 12.9. The molecule has 0 saturated heterocycles. The first kappa shape index (κ1) is 14.0. The van der Waals surface area contributed by atoms with Crippen LogP contribution in [0.1, 0.15) is 38.3 Å². The second-order valence-electron chi connectivity index (χ2n) is 4.32. The fourth-order valence-electron chi connectivity index (χ4n) is 1.40. The molecule has 1 N–H and O–H groups in total. The molecule has 0 radical (unpaired) electrons. The van der Waals surface area contributed by atoms with E-state index in [1.54, 1.807) is 6.20 Å². The van der Waals surface area contributed by atoms with E-state index >= 15 is 0 Å². The Morgan fingerprint density at radius 1 is 1.41 bits per heavy atom.